The lowest BCUT2D eigenvalue weighted by Crippen LogP contribution is -2.35. The Balaban J connectivity index is 1.95. The largest absolute Gasteiger partial charge is 0.396 e. The summed E-state index contributed by atoms with van der Waals surface area (Å²) in [6, 6.07) is 11.1. The smallest absolute Gasteiger partial charge is 0.0474 e. The summed E-state index contributed by atoms with van der Waals surface area (Å²) < 4.78 is 0. The van der Waals surface area contributed by atoms with Gasteiger partial charge in [-0.1, -0.05) is 36.8 Å². The van der Waals surface area contributed by atoms with E-state index in [0.29, 0.717) is 18.6 Å². The minimum atomic E-state index is 0.337. The second-order valence-electron chi connectivity index (χ2n) is 4.84. The third kappa shape index (κ3) is 2.63. The van der Waals surface area contributed by atoms with E-state index < -0.39 is 0 Å². The predicted octanol–water partition coefficient (Wildman–Crippen LogP) is 2.28. The highest BCUT2D eigenvalue weighted by atomic mass is 16.3. The minimum Gasteiger partial charge on any atom is -0.396 e. The first-order valence-electron chi connectivity index (χ1n) is 6.16. The van der Waals surface area contributed by atoms with Crippen molar-refractivity contribution in [2.75, 3.05) is 13.7 Å². The van der Waals surface area contributed by atoms with Crippen molar-refractivity contribution in [3.8, 4) is 0 Å². The summed E-state index contributed by atoms with van der Waals surface area (Å²) in [5.74, 6) is 0.480. The Bertz CT molecular complexity index is 312. The van der Waals surface area contributed by atoms with E-state index in [1.807, 2.05) is 0 Å². The van der Waals surface area contributed by atoms with Gasteiger partial charge in [0.15, 0.2) is 0 Å². The molecule has 2 nitrogen and oxygen atoms in total. The molecule has 0 aromatic heterocycles. The van der Waals surface area contributed by atoms with Gasteiger partial charge in [-0.05, 0) is 31.4 Å². The van der Waals surface area contributed by atoms with Crippen LogP contribution in [-0.2, 0) is 6.54 Å². The van der Waals surface area contributed by atoms with Gasteiger partial charge in [0.1, 0.15) is 0 Å². The van der Waals surface area contributed by atoms with Crippen molar-refractivity contribution in [3.05, 3.63) is 35.9 Å². The average molecular weight is 219 g/mol. The van der Waals surface area contributed by atoms with Gasteiger partial charge in [-0.2, -0.15) is 0 Å². The fraction of sp³-hybridized carbons (Fsp3) is 0.571. The summed E-state index contributed by atoms with van der Waals surface area (Å²) >= 11 is 0. The molecule has 0 saturated heterocycles. The molecule has 1 aliphatic carbocycles. The second-order valence-corrected chi connectivity index (χ2v) is 4.84. The lowest BCUT2D eigenvalue weighted by atomic mass is 10.0. The van der Waals surface area contributed by atoms with Gasteiger partial charge >= 0.3 is 0 Å². The number of hydrogen-bond acceptors (Lipinski definition) is 2. The second kappa shape index (κ2) is 5.46. The van der Waals surface area contributed by atoms with Crippen LogP contribution in [0.4, 0.5) is 0 Å². The Kier molecular flexibility index (Phi) is 3.97. The van der Waals surface area contributed by atoms with Crippen molar-refractivity contribution in [2.24, 2.45) is 5.92 Å². The maximum absolute atomic E-state index is 9.32. The Morgan fingerprint density at radius 3 is 2.69 bits per heavy atom. The van der Waals surface area contributed by atoms with Crippen molar-refractivity contribution in [2.45, 2.75) is 31.8 Å². The molecular formula is C14H21NO. The van der Waals surface area contributed by atoms with Gasteiger partial charge < -0.3 is 5.11 Å². The van der Waals surface area contributed by atoms with Gasteiger partial charge in [-0.15, -0.1) is 0 Å². The van der Waals surface area contributed by atoms with E-state index in [2.05, 4.69) is 42.3 Å². The number of aliphatic hydroxyl groups excluding tert-OH is 1. The maximum Gasteiger partial charge on any atom is 0.0474 e. The normalized spacial score (nSPS) is 25.2. The van der Waals surface area contributed by atoms with Crippen LogP contribution >= 0.6 is 0 Å². The number of rotatable bonds is 4. The number of benzene rings is 1. The highest BCUT2D eigenvalue weighted by Crippen LogP contribution is 2.29. The molecule has 2 atom stereocenters. The zero-order valence-electron chi connectivity index (χ0n) is 9.97. The van der Waals surface area contributed by atoms with Crippen molar-refractivity contribution >= 4 is 0 Å². The Labute approximate surface area is 97.9 Å². The van der Waals surface area contributed by atoms with E-state index >= 15 is 0 Å². The topological polar surface area (TPSA) is 23.5 Å². The molecule has 1 aromatic carbocycles. The van der Waals surface area contributed by atoms with Crippen LogP contribution in [0.15, 0.2) is 30.3 Å². The summed E-state index contributed by atoms with van der Waals surface area (Å²) in [6.45, 7) is 1.33. The zero-order chi connectivity index (χ0) is 11.4. The Hall–Kier alpha value is -0.860. The van der Waals surface area contributed by atoms with E-state index in [0.717, 1.165) is 6.54 Å². The van der Waals surface area contributed by atoms with E-state index in [1.54, 1.807) is 0 Å². The first-order valence-corrected chi connectivity index (χ1v) is 6.16. The molecule has 2 heteroatoms. The van der Waals surface area contributed by atoms with Gasteiger partial charge in [0, 0.05) is 19.2 Å². The molecular weight excluding hydrogens is 198 g/mol. The molecule has 0 aliphatic heterocycles. The number of aliphatic hydroxyl groups is 1. The quantitative estimate of drug-likeness (QED) is 0.839. The van der Waals surface area contributed by atoms with E-state index in [1.165, 1.54) is 24.8 Å². The van der Waals surface area contributed by atoms with Crippen LogP contribution in [0.5, 0.6) is 0 Å². The third-order valence-electron chi connectivity index (χ3n) is 3.69. The molecule has 1 aromatic rings. The first-order chi connectivity index (χ1) is 7.81. The highest BCUT2D eigenvalue weighted by Gasteiger charge is 2.29. The molecule has 0 amide bonds. The zero-order valence-corrected chi connectivity index (χ0v) is 9.97. The molecule has 0 heterocycles. The molecule has 1 saturated carbocycles. The standard InChI is InChI=1S/C14H21NO/c1-15(10-12-6-3-2-4-7-12)14-9-5-8-13(14)11-16/h2-4,6-7,13-14,16H,5,8-11H2,1H3/t13-,14+/m0/s1. The monoisotopic (exact) mass is 219 g/mol. The SMILES string of the molecule is CN(Cc1ccccc1)[C@@H]1CCC[C@H]1CO. The molecule has 0 radical (unpaired) electrons. The van der Waals surface area contributed by atoms with Gasteiger partial charge in [-0.3, -0.25) is 4.90 Å². The van der Waals surface area contributed by atoms with Crippen LogP contribution in [0.3, 0.4) is 0 Å². The molecule has 0 unspecified atom stereocenters. The lowest BCUT2D eigenvalue weighted by molar-refractivity contribution is 0.133. The molecule has 0 spiro atoms. The summed E-state index contributed by atoms with van der Waals surface area (Å²) in [6.07, 6.45) is 3.67. The number of nitrogens with zero attached hydrogens (tertiary/aromatic N) is 1. The van der Waals surface area contributed by atoms with Crippen LogP contribution < -0.4 is 0 Å². The molecule has 16 heavy (non-hydrogen) atoms. The van der Waals surface area contributed by atoms with Crippen molar-refractivity contribution < 1.29 is 5.11 Å². The predicted molar refractivity (Wildman–Crippen MR) is 66.1 cm³/mol. The van der Waals surface area contributed by atoms with Gasteiger partial charge in [0.2, 0.25) is 0 Å². The lowest BCUT2D eigenvalue weighted by Gasteiger charge is -2.28. The van der Waals surface area contributed by atoms with Crippen molar-refractivity contribution in [3.63, 3.8) is 0 Å². The minimum absolute atomic E-state index is 0.337. The van der Waals surface area contributed by atoms with Gasteiger partial charge in [0.05, 0.1) is 0 Å². The highest BCUT2D eigenvalue weighted by molar-refractivity contribution is 5.14. The molecule has 1 fully saturated rings. The van der Waals surface area contributed by atoms with Crippen molar-refractivity contribution in [1.29, 1.82) is 0 Å². The Morgan fingerprint density at radius 2 is 2.00 bits per heavy atom. The van der Waals surface area contributed by atoms with Crippen LogP contribution in [0.2, 0.25) is 0 Å². The summed E-state index contributed by atoms with van der Waals surface area (Å²) in [5.41, 5.74) is 1.36. The summed E-state index contributed by atoms with van der Waals surface area (Å²) in [5, 5.41) is 9.32. The molecule has 1 aliphatic rings. The van der Waals surface area contributed by atoms with Crippen LogP contribution in [0, 0.1) is 5.92 Å². The van der Waals surface area contributed by atoms with E-state index in [9.17, 15) is 5.11 Å². The fourth-order valence-electron chi connectivity index (χ4n) is 2.80. The van der Waals surface area contributed by atoms with E-state index in [4.69, 9.17) is 0 Å². The van der Waals surface area contributed by atoms with Crippen LogP contribution in [-0.4, -0.2) is 29.7 Å². The van der Waals surface area contributed by atoms with Crippen LogP contribution in [0.25, 0.3) is 0 Å². The Morgan fingerprint density at radius 1 is 1.25 bits per heavy atom. The average Bonchev–Trinajstić information content (AvgIpc) is 2.78. The summed E-state index contributed by atoms with van der Waals surface area (Å²) in [7, 11) is 2.17. The first kappa shape index (κ1) is 11.6. The van der Waals surface area contributed by atoms with Crippen LogP contribution in [0.1, 0.15) is 24.8 Å². The molecule has 1 N–H and O–H groups in total. The fourth-order valence-corrected chi connectivity index (χ4v) is 2.80. The molecule has 0 bridgehead atoms. The molecule has 88 valence electrons. The summed E-state index contributed by atoms with van der Waals surface area (Å²) in [4.78, 5) is 2.39. The number of hydrogen-bond donors (Lipinski definition) is 1. The molecule has 2 rings (SSSR count). The van der Waals surface area contributed by atoms with Gasteiger partial charge in [-0.25, -0.2) is 0 Å². The third-order valence-corrected chi connectivity index (χ3v) is 3.69. The maximum atomic E-state index is 9.32. The van der Waals surface area contributed by atoms with E-state index in [-0.39, 0.29) is 0 Å². The van der Waals surface area contributed by atoms with Gasteiger partial charge in [0.25, 0.3) is 0 Å². The van der Waals surface area contributed by atoms with Crippen molar-refractivity contribution in [1.82, 2.24) is 4.90 Å².